The number of aromatic hydroxyl groups is 1. The van der Waals surface area contributed by atoms with Gasteiger partial charge in [-0.15, -0.1) is 0 Å². The molecule has 1 atom stereocenters. The first kappa shape index (κ1) is 14.0. The second-order valence-electron chi connectivity index (χ2n) is 5.61. The lowest BCUT2D eigenvalue weighted by Crippen LogP contribution is -2.32. The highest BCUT2D eigenvalue weighted by Crippen LogP contribution is 2.28. The van der Waals surface area contributed by atoms with Crippen LogP contribution in [0.25, 0.3) is 0 Å². The van der Waals surface area contributed by atoms with Gasteiger partial charge in [0.05, 0.1) is 6.10 Å². The molecule has 0 aromatic heterocycles. The highest BCUT2D eigenvalue weighted by molar-refractivity contribution is 5.37. The highest BCUT2D eigenvalue weighted by Gasteiger charge is 2.20. The number of phenolic OH excluding ortho intramolecular Hbond substituents is 1. The summed E-state index contributed by atoms with van der Waals surface area (Å²) in [5.41, 5.74) is 3.45. The standard InChI is InChI=1S/C18H21NO2/c20-16-10-8-15(9-11-16)18(21)13-19-12-4-6-14-5-2-1-3-7-17(14)19/h2-3,5,7-11,18,20-21H,1,4,6,12-13H2. The SMILES string of the molecule is Oc1ccc(C(O)CN2CCCC3=C2C=CCC=C3)cc1. The van der Waals surface area contributed by atoms with Crippen LogP contribution in [0, 0.1) is 0 Å². The Bertz CT molecular complexity index is 584. The Morgan fingerprint density at radius 2 is 1.86 bits per heavy atom. The van der Waals surface area contributed by atoms with Crippen molar-refractivity contribution in [2.45, 2.75) is 25.4 Å². The Hall–Kier alpha value is -2.00. The van der Waals surface area contributed by atoms with Gasteiger partial charge in [0.15, 0.2) is 0 Å². The van der Waals surface area contributed by atoms with Gasteiger partial charge in [-0.05, 0) is 48.6 Å². The number of rotatable bonds is 3. The van der Waals surface area contributed by atoms with Crippen LogP contribution in [0.1, 0.15) is 30.9 Å². The summed E-state index contributed by atoms with van der Waals surface area (Å²) < 4.78 is 0. The normalized spacial score (nSPS) is 19.4. The molecule has 1 aliphatic heterocycles. The van der Waals surface area contributed by atoms with E-state index < -0.39 is 6.10 Å². The number of hydrogen-bond acceptors (Lipinski definition) is 3. The Morgan fingerprint density at radius 3 is 2.67 bits per heavy atom. The van der Waals surface area contributed by atoms with Crippen LogP contribution in [0.3, 0.4) is 0 Å². The van der Waals surface area contributed by atoms with E-state index in [4.69, 9.17) is 0 Å². The van der Waals surface area contributed by atoms with E-state index >= 15 is 0 Å². The smallest absolute Gasteiger partial charge is 0.115 e. The van der Waals surface area contributed by atoms with E-state index in [0.717, 1.165) is 31.4 Å². The number of hydrogen-bond donors (Lipinski definition) is 2. The molecule has 0 spiro atoms. The molecule has 0 amide bonds. The van der Waals surface area contributed by atoms with E-state index in [9.17, 15) is 10.2 Å². The predicted octanol–water partition coefficient (Wildman–Crippen LogP) is 3.29. The second kappa shape index (κ2) is 6.19. The average molecular weight is 283 g/mol. The van der Waals surface area contributed by atoms with Crippen LogP contribution in [0.4, 0.5) is 0 Å². The molecule has 0 saturated heterocycles. The molecule has 1 aliphatic carbocycles. The zero-order valence-corrected chi connectivity index (χ0v) is 12.1. The largest absolute Gasteiger partial charge is 0.508 e. The van der Waals surface area contributed by atoms with Crippen molar-refractivity contribution in [1.29, 1.82) is 0 Å². The molecule has 1 aromatic rings. The minimum Gasteiger partial charge on any atom is -0.508 e. The van der Waals surface area contributed by atoms with Crippen molar-refractivity contribution in [1.82, 2.24) is 4.90 Å². The topological polar surface area (TPSA) is 43.7 Å². The molecule has 1 heterocycles. The van der Waals surface area contributed by atoms with Gasteiger partial charge in [-0.1, -0.05) is 30.4 Å². The first-order valence-electron chi connectivity index (χ1n) is 7.52. The number of benzene rings is 1. The fourth-order valence-corrected chi connectivity index (χ4v) is 2.96. The molecule has 110 valence electrons. The number of aliphatic hydroxyl groups excluding tert-OH is 1. The third-order valence-electron chi connectivity index (χ3n) is 4.08. The molecule has 3 heteroatoms. The molecule has 1 unspecified atom stereocenters. The summed E-state index contributed by atoms with van der Waals surface area (Å²) in [6, 6.07) is 6.80. The number of aliphatic hydroxyl groups is 1. The first-order chi connectivity index (χ1) is 10.2. The summed E-state index contributed by atoms with van der Waals surface area (Å²) in [4.78, 5) is 2.27. The van der Waals surface area contributed by atoms with Crippen molar-refractivity contribution in [3.05, 3.63) is 65.4 Å². The van der Waals surface area contributed by atoms with Gasteiger partial charge in [0, 0.05) is 18.8 Å². The monoisotopic (exact) mass is 283 g/mol. The number of nitrogens with zero attached hydrogens (tertiary/aromatic N) is 1. The van der Waals surface area contributed by atoms with E-state index in [2.05, 4.69) is 29.2 Å². The van der Waals surface area contributed by atoms with Crippen LogP contribution < -0.4 is 0 Å². The maximum atomic E-state index is 10.4. The number of β-amino-alcohol motifs (C(OH)–C–C–N with tert-alkyl or cyclic N) is 1. The molecule has 0 saturated carbocycles. The summed E-state index contributed by atoms with van der Waals surface area (Å²) in [6.07, 6.45) is 11.4. The maximum Gasteiger partial charge on any atom is 0.115 e. The van der Waals surface area contributed by atoms with Crippen LogP contribution >= 0.6 is 0 Å². The quantitative estimate of drug-likeness (QED) is 0.894. The zero-order valence-electron chi connectivity index (χ0n) is 12.1. The molecule has 0 radical (unpaired) electrons. The van der Waals surface area contributed by atoms with E-state index in [1.807, 2.05) is 0 Å². The van der Waals surface area contributed by atoms with Crippen LogP contribution in [0.15, 0.2) is 59.8 Å². The summed E-state index contributed by atoms with van der Waals surface area (Å²) in [5, 5.41) is 19.8. The zero-order chi connectivity index (χ0) is 14.7. The third kappa shape index (κ3) is 3.19. The Morgan fingerprint density at radius 1 is 1.10 bits per heavy atom. The molecule has 2 aliphatic rings. The van der Waals surface area contributed by atoms with E-state index in [1.165, 1.54) is 11.3 Å². The van der Waals surface area contributed by atoms with Gasteiger partial charge < -0.3 is 15.1 Å². The second-order valence-corrected chi connectivity index (χ2v) is 5.61. The molecule has 2 N–H and O–H groups in total. The molecule has 1 aromatic carbocycles. The van der Waals surface area contributed by atoms with Gasteiger partial charge in [0.25, 0.3) is 0 Å². The van der Waals surface area contributed by atoms with Crippen molar-refractivity contribution in [2.75, 3.05) is 13.1 Å². The lowest BCUT2D eigenvalue weighted by molar-refractivity contribution is 0.128. The van der Waals surface area contributed by atoms with Crippen LogP contribution in [-0.2, 0) is 0 Å². The van der Waals surface area contributed by atoms with Gasteiger partial charge in [-0.3, -0.25) is 0 Å². The predicted molar refractivity (Wildman–Crippen MR) is 83.8 cm³/mol. The summed E-state index contributed by atoms with van der Waals surface area (Å²) >= 11 is 0. The van der Waals surface area contributed by atoms with Gasteiger partial charge in [0.1, 0.15) is 5.75 Å². The summed E-state index contributed by atoms with van der Waals surface area (Å²) in [7, 11) is 0. The average Bonchev–Trinajstić information content (AvgIpc) is 2.74. The van der Waals surface area contributed by atoms with Crippen molar-refractivity contribution >= 4 is 0 Å². The highest BCUT2D eigenvalue weighted by atomic mass is 16.3. The Balaban J connectivity index is 1.77. The number of phenols is 1. The first-order valence-corrected chi connectivity index (χ1v) is 7.52. The van der Waals surface area contributed by atoms with Crippen LogP contribution in [0.5, 0.6) is 5.75 Å². The van der Waals surface area contributed by atoms with Crippen molar-refractivity contribution in [2.24, 2.45) is 0 Å². The van der Waals surface area contributed by atoms with E-state index in [-0.39, 0.29) is 5.75 Å². The van der Waals surface area contributed by atoms with E-state index in [1.54, 1.807) is 24.3 Å². The molecular weight excluding hydrogens is 262 g/mol. The fraction of sp³-hybridized carbons (Fsp3) is 0.333. The van der Waals surface area contributed by atoms with Crippen LogP contribution in [-0.4, -0.2) is 28.2 Å². The fourth-order valence-electron chi connectivity index (χ4n) is 2.96. The Kier molecular flexibility index (Phi) is 4.11. The van der Waals surface area contributed by atoms with Crippen LogP contribution in [0.2, 0.25) is 0 Å². The summed E-state index contributed by atoms with van der Waals surface area (Å²) in [6.45, 7) is 1.56. The van der Waals surface area contributed by atoms with Gasteiger partial charge in [-0.2, -0.15) is 0 Å². The van der Waals surface area contributed by atoms with Crippen molar-refractivity contribution < 1.29 is 10.2 Å². The molecule has 0 bridgehead atoms. The van der Waals surface area contributed by atoms with Gasteiger partial charge in [-0.25, -0.2) is 0 Å². The lowest BCUT2D eigenvalue weighted by atomic mass is 10.0. The Labute approximate surface area is 125 Å². The lowest BCUT2D eigenvalue weighted by Gasteiger charge is -2.33. The van der Waals surface area contributed by atoms with Crippen molar-refractivity contribution in [3.8, 4) is 5.75 Å². The minimum atomic E-state index is -0.543. The van der Waals surface area contributed by atoms with Crippen molar-refractivity contribution in [3.63, 3.8) is 0 Å². The third-order valence-corrected chi connectivity index (χ3v) is 4.08. The number of allylic oxidation sites excluding steroid dienone is 5. The molecular formula is C18H21NO2. The van der Waals surface area contributed by atoms with Gasteiger partial charge in [0.2, 0.25) is 0 Å². The molecule has 21 heavy (non-hydrogen) atoms. The maximum absolute atomic E-state index is 10.4. The molecule has 3 nitrogen and oxygen atoms in total. The summed E-state index contributed by atoms with van der Waals surface area (Å²) in [5.74, 6) is 0.228. The minimum absolute atomic E-state index is 0.228. The van der Waals surface area contributed by atoms with Gasteiger partial charge >= 0.3 is 0 Å². The van der Waals surface area contributed by atoms with E-state index in [0.29, 0.717) is 6.54 Å². The molecule has 3 rings (SSSR count). The molecule has 0 fully saturated rings.